The molecule has 0 amide bonds. The summed E-state index contributed by atoms with van der Waals surface area (Å²) in [6.45, 7) is 3.74. The van der Waals surface area contributed by atoms with Crippen LogP contribution in [-0.2, 0) is 0 Å². The number of hydrogen-bond donors (Lipinski definition) is 1. The van der Waals surface area contributed by atoms with Gasteiger partial charge in [-0.1, -0.05) is 12.1 Å². The van der Waals surface area contributed by atoms with E-state index in [4.69, 9.17) is 4.42 Å². The molecule has 0 unspecified atom stereocenters. The van der Waals surface area contributed by atoms with Crippen LogP contribution in [0.1, 0.15) is 37.4 Å². The van der Waals surface area contributed by atoms with Gasteiger partial charge in [0, 0.05) is 6.04 Å². The fourth-order valence-corrected chi connectivity index (χ4v) is 2.88. The number of thiophene rings is 1. The lowest BCUT2D eigenvalue weighted by Crippen LogP contribution is -2.23. The van der Waals surface area contributed by atoms with Crippen LogP contribution in [0, 0.1) is 11.6 Å². The van der Waals surface area contributed by atoms with E-state index in [-0.39, 0.29) is 12.1 Å². The molecule has 0 aliphatic heterocycles. The third kappa shape index (κ3) is 3.46. The average molecular weight is 335 g/mol. The molecule has 4 nitrogen and oxygen atoms in total. The molecule has 2 atom stereocenters. The quantitative estimate of drug-likeness (QED) is 0.746. The van der Waals surface area contributed by atoms with Gasteiger partial charge in [-0.2, -0.15) is 0 Å². The van der Waals surface area contributed by atoms with Crippen LogP contribution < -0.4 is 5.32 Å². The average Bonchev–Trinajstić information content (AvgIpc) is 3.20. The largest absolute Gasteiger partial charge is 0.418 e. The molecule has 0 aliphatic rings. The second-order valence-electron chi connectivity index (χ2n) is 5.21. The van der Waals surface area contributed by atoms with Gasteiger partial charge in [0.15, 0.2) is 11.6 Å². The van der Waals surface area contributed by atoms with Crippen molar-refractivity contribution in [2.45, 2.75) is 25.9 Å². The standard InChI is InChI=1S/C16H15F2N3OS/c1-9(11-5-6-12(17)13(18)8-11)19-10(2)15-20-21-16(22-15)14-4-3-7-23-14/h3-10,19H,1-2H3/t9-,10-/m1/s1. The molecule has 0 aliphatic carbocycles. The van der Waals surface area contributed by atoms with Crippen LogP contribution in [0.3, 0.4) is 0 Å². The summed E-state index contributed by atoms with van der Waals surface area (Å²) in [5.74, 6) is -0.792. The summed E-state index contributed by atoms with van der Waals surface area (Å²) < 4.78 is 32.0. The molecule has 3 aromatic rings. The first-order chi connectivity index (χ1) is 11.0. The Kier molecular flexibility index (Phi) is 4.49. The van der Waals surface area contributed by atoms with Gasteiger partial charge in [0.25, 0.3) is 5.89 Å². The highest BCUT2D eigenvalue weighted by molar-refractivity contribution is 7.13. The fraction of sp³-hybridized carbons (Fsp3) is 0.250. The van der Waals surface area contributed by atoms with Crippen LogP contribution >= 0.6 is 11.3 Å². The van der Waals surface area contributed by atoms with Gasteiger partial charge >= 0.3 is 0 Å². The Morgan fingerprint density at radius 3 is 2.61 bits per heavy atom. The maximum Gasteiger partial charge on any atom is 0.257 e. The normalized spacial score (nSPS) is 13.9. The van der Waals surface area contributed by atoms with E-state index in [0.29, 0.717) is 17.3 Å². The van der Waals surface area contributed by atoms with E-state index in [9.17, 15) is 8.78 Å². The highest BCUT2D eigenvalue weighted by Gasteiger charge is 2.18. The summed E-state index contributed by atoms with van der Waals surface area (Å²) in [4.78, 5) is 0.907. The van der Waals surface area contributed by atoms with Crippen LogP contribution in [0.15, 0.2) is 40.1 Å². The molecule has 0 saturated heterocycles. The summed E-state index contributed by atoms with van der Waals surface area (Å²) in [6, 6.07) is 7.25. The highest BCUT2D eigenvalue weighted by Crippen LogP contribution is 2.26. The predicted octanol–water partition coefficient (Wildman–Crippen LogP) is 4.49. The number of rotatable bonds is 5. The highest BCUT2D eigenvalue weighted by atomic mass is 32.1. The van der Waals surface area contributed by atoms with Crippen LogP contribution in [0.5, 0.6) is 0 Å². The van der Waals surface area contributed by atoms with E-state index in [2.05, 4.69) is 15.5 Å². The molecule has 0 saturated carbocycles. The molecular weight excluding hydrogens is 320 g/mol. The van der Waals surface area contributed by atoms with Crippen LogP contribution in [-0.4, -0.2) is 10.2 Å². The van der Waals surface area contributed by atoms with Crippen molar-refractivity contribution >= 4 is 11.3 Å². The first-order valence-corrected chi connectivity index (χ1v) is 8.01. The number of aromatic nitrogens is 2. The first-order valence-electron chi connectivity index (χ1n) is 7.13. The van der Waals surface area contributed by atoms with Crippen molar-refractivity contribution in [1.82, 2.24) is 15.5 Å². The fourth-order valence-electron chi connectivity index (χ4n) is 2.23. The Morgan fingerprint density at radius 2 is 1.91 bits per heavy atom. The maximum atomic E-state index is 13.3. The van der Waals surface area contributed by atoms with E-state index in [1.165, 1.54) is 17.4 Å². The molecule has 0 radical (unpaired) electrons. The smallest absolute Gasteiger partial charge is 0.257 e. The van der Waals surface area contributed by atoms with Gasteiger partial charge in [0.2, 0.25) is 5.89 Å². The first kappa shape index (κ1) is 15.8. The second-order valence-corrected chi connectivity index (χ2v) is 6.15. The lowest BCUT2D eigenvalue weighted by Gasteiger charge is -2.18. The zero-order valence-electron chi connectivity index (χ0n) is 12.6. The van der Waals surface area contributed by atoms with Gasteiger partial charge in [-0.25, -0.2) is 8.78 Å². The number of nitrogens with zero attached hydrogens (tertiary/aromatic N) is 2. The minimum atomic E-state index is -0.860. The summed E-state index contributed by atoms with van der Waals surface area (Å²) in [5, 5.41) is 13.2. The molecule has 1 N–H and O–H groups in total. The Morgan fingerprint density at radius 1 is 1.09 bits per heavy atom. The topological polar surface area (TPSA) is 51.0 Å². The summed E-state index contributed by atoms with van der Waals surface area (Å²) >= 11 is 1.52. The van der Waals surface area contributed by atoms with Gasteiger partial charge < -0.3 is 4.42 Å². The lowest BCUT2D eigenvalue weighted by atomic mass is 10.1. The minimum absolute atomic E-state index is 0.197. The Balaban J connectivity index is 1.71. The lowest BCUT2D eigenvalue weighted by molar-refractivity contribution is 0.394. The van der Waals surface area contributed by atoms with Crippen molar-refractivity contribution < 1.29 is 13.2 Å². The molecule has 7 heteroatoms. The molecule has 3 rings (SSSR count). The molecule has 2 aromatic heterocycles. The molecule has 0 fully saturated rings. The minimum Gasteiger partial charge on any atom is -0.418 e. The van der Waals surface area contributed by atoms with Gasteiger partial charge in [0.05, 0.1) is 10.9 Å². The van der Waals surface area contributed by atoms with Crippen molar-refractivity contribution in [1.29, 1.82) is 0 Å². The molecule has 0 spiro atoms. The third-order valence-corrected chi connectivity index (χ3v) is 4.34. The SMILES string of the molecule is C[C@@H](N[C@H](C)c1nnc(-c2cccs2)o1)c1ccc(F)c(F)c1. The zero-order chi connectivity index (χ0) is 16.4. The predicted molar refractivity (Wildman–Crippen MR) is 83.9 cm³/mol. The van der Waals surface area contributed by atoms with Crippen molar-refractivity contribution in [3.63, 3.8) is 0 Å². The van der Waals surface area contributed by atoms with E-state index in [1.54, 1.807) is 6.07 Å². The Hall–Kier alpha value is -2.12. The van der Waals surface area contributed by atoms with Crippen molar-refractivity contribution in [3.8, 4) is 10.8 Å². The third-order valence-electron chi connectivity index (χ3n) is 3.49. The molecule has 120 valence electrons. The molecule has 2 heterocycles. The number of hydrogen-bond acceptors (Lipinski definition) is 5. The Labute approximate surface area is 136 Å². The van der Waals surface area contributed by atoms with E-state index in [0.717, 1.165) is 10.9 Å². The van der Waals surface area contributed by atoms with Crippen LogP contribution in [0.4, 0.5) is 8.78 Å². The van der Waals surface area contributed by atoms with Gasteiger partial charge in [-0.15, -0.1) is 21.5 Å². The van der Waals surface area contributed by atoms with E-state index < -0.39 is 11.6 Å². The van der Waals surface area contributed by atoms with E-state index >= 15 is 0 Å². The molecule has 0 bridgehead atoms. The molecule has 1 aromatic carbocycles. The van der Waals surface area contributed by atoms with Gasteiger partial charge in [-0.05, 0) is 43.0 Å². The van der Waals surface area contributed by atoms with Gasteiger partial charge in [-0.3, -0.25) is 5.32 Å². The van der Waals surface area contributed by atoms with E-state index in [1.807, 2.05) is 31.4 Å². The summed E-state index contributed by atoms with van der Waals surface area (Å²) in [7, 11) is 0. The second kappa shape index (κ2) is 6.55. The molecular formula is C16H15F2N3OS. The van der Waals surface area contributed by atoms with Gasteiger partial charge in [0.1, 0.15) is 0 Å². The summed E-state index contributed by atoms with van der Waals surface area (Å²) in [5.41, 5.74) is 0.647. The maximum absolute atomic E-state index is 13.3. The monoisotopic (exact) mass is 335 g/mol. The number of benzene rings is 1. The van der Waals surface area contributed by atoms with Crippen LogP contribution in [0.2, 0.25) is 0 Å². The van der Waals surface area contributed by atoms with Crippen LogP contribution in [0.25, 0.3) is 10.8 Å². The Bertz CT molecular complexity index is 788. The van der Waals surface area contributed by atoms with Crippen molar-refractivity contribution in [2.75, 3.05) is 0 Å². The number of nitrogens with one attached hydrogen (secondary N) is 1. The summed E-state index contributed by atoms with van der Waals surface area (Å²) in [6.07, 6.45) is 0. The zero-order valence-corrected chi connectivity index (χ0v) is 13.4. The van der Waals surface area contributed by atoms with Crippen molar-refractivity contribution in [3.05, 3.63) is 58.8 Å². The molecule has 23 heavy (non-hydrogen) atoms. The van der Waals surface area contributed by atoms with Crippen molar-refractivity contribution in [2.24, 2.45) is 0 Å². The number of halogens is 2.